The number of halogens is 1. The van der Waals surface area contributed by atoms with E-state index in [2.05, 4.69) is 9.97 Å². The first-order valence-electron chi connectivity index (χ1n) is 5.60. The summed E-state index contributed by atoms with van der Waals surface area (Å²) in [5.41, 5.74) is 2.79. The number of hydrogen-bond donors (Lipinski definition) is 1. The Bertz CT molecular complexity index is 654. The van der Waals surface area contributed by atoms with Gasteiger partial charge in [0.05, 0.1) is 10.6 Å². The third-order valence-electron chi connectivity index (χ3n) is 2.76. The Hall–Kier alpha value is -1.94. The molecular formula is C14H11FN2S. The quantitative estimate of drug-likeness (QED) is 0.731. The lowest BCUT2D eigenvalue weighted by Gasteiger charge is -1.97. The first kappa shape index (κ1) is 11.2. The van der Waals surface area contributed by atoms with Crippen LogP contribution in [0.1, 0.15) is 5.69 Å². The van der Waals surface area contributed by atoms with Crippen molar-refractivity contribution in [1.82, 2.24) is 9.97 Å². The summed E-state index contributed by atoms with van der Waals surface area (Å²) in [5.74, 6) is 0.632. The molecule has 0 radical (unpaired) electrons. The van der Waals surface area contributed by atoms with E-state index in [0.29, 0.717) is 0 Å². The number of aryl methyl sites for hydroxylation is 1. The van der Waals surface area contributed by atoms with E-state index in [1.54, 1.807) is 23.5 Å². The average molecular weight is 258 g/mol. The molecule has 2 heterocycles. The summed E-state index contributed by atoms with van der Waals surface area (Å²) < 4.78 is 12.9. The molecule has 4 heteroatoms. The Morgan fingerprint density at radius 2 is 1.94 bits per heavy atom. The van der Waals surface area contributed by atoms with Crippen LogP contribution in [0.25, 0.3) is 22.0 Å². The van der Waals surface area contributed by atoms with Gasteiger partial charge >= 0.3 is 0 Å². The van der Waals surface area contributed by atoms with E-state index in [0.717, 1.165) is 27.7 Å². The minimum atomic E-state index is -0.231. The van der Waals surface area contributed by atoms with Crippen LogP contribution in [0.4, 0.5) is 4.39 Å². The van der Waals surface area contributed by atoms with Crippen LogP contribution in [0.2, 0.25) is 0 Å². The van der Waals surface area contributed by atoms with Crippen molar-refractivity contribution in [3.8, 4) is 22.0 Å². The van der Waals surface area contributed by atoms with Gasteiger partial charge in [0.25, 0.3) is 0 Å². The molecule has 2 nitrogen and oxygen atoms in total. The zero-order valence-corrected chi connectivity index (χ0v) is 10.6. The van der Waals surface area contributed by atoms with Crippen LogP contribution in [0.3, 0.4) is 0 Å². The zero-order valence-electron chi connectivity index (χ0n) is 9.77. The van der Waals surface area contributed by atoms with E-state index >= 15 is 0 Å². The molecule has 90 valence electrons. The number of imidazole rings is 1. The highest BCUT2D eigenvalue weighted by atomic mass is 32.1. The fraction of sp³-hybridized carbons (Fsp3) is 0.0714. The summed E-state index contributed by atoms with van der Waals surface area (Å²) in [5, 5.41) is 2.02. The Morgan fingerprint density at radius 3 is 2.61 bits per heavy atom. The van der Waals surface area contributed by atoms with Crippen LogP contribution in [-0.4, -0.2) is 9.97 Å². The van der Waals surface area contributed by atoms with Crippen LogP contribution < -0.4 is 0 Å². The van der Waals surface area contributed by atoms with E-state index < -0.39 is 0 Å². The second-order valence-corrected chi connectivity index (χ2v) is 4.99. The van der Waals surface area contributed by atoms with Crippen LogP contribution >= 0.6 is 11.3 Å². The minimum absolute atomic E-state index is 0.231. The standard InChI is InChI=1S/C14H11FN2S/c1-9-13(10-4-6-11(15)7-5-10)17-14(16-9)12-3-2-8-18-12/h2-8H,1H3,(H,16,17). The van der Waals surface area contributed by atoms with Gasteiger partial charge in [-0.25, -0.2) is 9.37 Å². The lowest BCUT2D eigenvalue weighted by atomic mass is 10.1. The topological polar surface area (TPSA) is 28.7 Å². The van der Waals surface area contributed by atoms with Gasteiger partial charge in [0.15, 0.2) is 0 Å². The number of nitrogens with one attached hydrogen (secondary N) is 1. The molecule has 0 atom stereocenters. The molecular weight excluding hydrogens is 247 g/mol. The zero-order chi connectivity index (χ0) is 12.5. The largest absolute Gasteiger partial charge is 0.341 e. The second-order valence-electron chi connectivity index (χ2n) is 4.04. The highest BCUT2D eigenvalue weighted by Crippen LogP contribution is 2.27. The molecule has 0 saturated carbocycles. The Labute approximate surface area is 108 Å². The smallest absolute Gasteiger partial charge is 0.148 e. The molecule has 0 saturated heterocycles. The van der Waals surface area contributed by atoms with Crippen molar-refractivity contribution in [2.24, 2.45) is 0 Å². The minimum Gasteiger partial charge on any atom is -0.341 e. The average Bonchev–Trinajstić information content (AvgIpc) is 2.99. The number of aromatic amines is 1. The van der Waals surface area contributed by atoms with E-state index in [4.69, 9.17) is 0 Å². The number of thiophene rings is 1. The maximum atomic E-state index is 12.9. The molecule has 0 aliphatic carbocycles. The highest BCUT2D eigenvalue weighted by Gasteiger charge is 2.10. The number of H-pyrrole nitrogens is 1. The van der Waals surface area contributed by atoms with Gasteiger partial charge in [0.1, 0.15) is 11.6 Å². The Kier molecular flexibility index (Phi) is 2.72. The number of nitrogens with zero attached hydrogens (tertiary/aromatic N) is 1. The molecule has 1 N–H and O–H groups in total. The lowest BCUT2D eigenvalue weighted by molar-refractivity contribution is 0.628. The predicted octanol–water partition coefficient (Wildman–Crippen LogP) is 4.25. The molecule has 0 aliphatic heterocycles. The normalized spacial score (nSPS) is 10.8. The van der Waals surface area contributed by atoms with Gasteiger partial charge in [-0.3, -0.25) is 0 Å². The molecule has 0 spiro atoms. The Balaban J connectivity index is 2.06. The molecule has 0 aliphatic rings. The van der Waals surface area contributed by atoms with Crippen molar-refractivity contribution < 1.29 is 4.39 Å². The van der Waals surface area contributed by atoms with Gasteiger partial charge in [-0.1, -0.05) is 6.07 Å². The number of aromatic nitrogens is 2. The molecule has 3 rings (SSSR count). The van der Waals surface area contributed by atoms with Gasteiger partial charge in [-0.05, 0) is 42.6 Å². The fourth-order valence-electron chi connectivity index (χ4n) is 1.88. The fourth-order valence-corrected chi connectivity index (χ4v) is 2.55. The molecule has 0 fully saturated rings. The number of benzene rings is 1. The molecule has 3 aromatic rings. The van der Waals surface area contributed by atoms with Crippen molar-refractivity contribution in [3.63, 3.8) is 0 Å². The first-order chi connectivity index (χ1) is 8.74. The maximum Gasteiger partial charge on any atom is 0.148 e. The highest BCUT2D eigenvalue weighted by molar-refractivity contribution is 7.13. The van der Waals surface area contributed by atoms with Crippen LogP contribution in [0.15, 0.2) is 41.8 Å². The first-order valence-corrected chi connectivity index (χ1v) is 6.48. The van der Waals surface area contributed by atoms with Gasteiger partial charge in [0, 0.05) is 11.3 Å². The van der Waals surface area contributed by atoms with Crippen molar-refractivity contribution in [3.05, 3.63) is 53.3 Å². The summed E-state index contributed by atoms with van der Waals surface area (Å²) in [6.45, 7) is 1.97. The van der Waals surface area contributed by atoms with Gasteiger partial charge in [0.2, 0.25) is 0 Å². The van der Waals surface area contributed by atoms with Crippen molar-refractivity contribution in [2.45, 2.75) is 6.92 Å². The molecule has 0 bridgehead atoms. The summed E-state index contributed by atoms with van der Waals surface area (Å²) in [4.78, 5) is 8.95. The van der Waals surface area contributed by atoms with E-state index in [1.165, 1.54) is 12.1 Å². The maximum absolute atomic E-state index is 12.9. The molecule has 0 unspecified atom stereocenters. The SMILES string of the molecule is Cc1[nH]c(-c2cccs2)nc1-c1ccc(F)cc1. The number of hydrogen-bond acceptors (Lipinski definition) is 2. The van der Waals surface area contributed by atoms with Gasteiger partial charge < -0.3 is 4.98 Å². The lowest BCUT2D eigenvalue weighted by Crippen LogP contribution is -1.81. The van der Waals surface area contributed by atoms with E-state index in [9.17, 15) is 4.39 Å². The van der Waals surface area contributed by atoms with Gasteiger partial charge in [-0.2, -0.15) is 0 Å². The van der Waals surface area contributed by atoms with E-state index in [1.807, 2.05) is 24.4 Å². The van der Waals surface area contributed by atoms with Crippen molar-refractivity contribution in [2.75, 3.05) is 0 Å². The third-order valence-corrected chi connectivity index (χ3v) is 3.63. The number of rotatable bonds is 2. The second kappa shape index (κ2) is 4.38. The summed E-state index contributed by atoms with van der Waals surface area (Å²) in [6, 6.07) is 10.4. The molecule has 2 aromatic heterocycles. The summed E-state index contributed by atoms with van der Waals surface area (Å²) in [6.07, 6.45) is 0. The summed E-state index contributed by atoms with van der Waals surface area (Å²) in [7, 11) is 0. The van der Waals surface area contributed by atoms with Crippen molar-refractivity contribution >= 4 is 11.3 Å². The van der Waals surface area contributed by atoms with Crippen molar-refractivity contribution in [1.29, 1.82) is 0 Å². The van der Waals surface area contributed by atoms with E-state index in [-0.39, 0.29) is 5.82 Å². The molecule has 0 amide bonds. The summed E-state index contributed by atoms with van der Waals surface area (Å²) >= 11 is 1.64. The van der Waals surface area contributed by atoms with Crippen LogP contribution in [0, 0.1) is 12.7 Å². The molecule has 18 heavy (non-hydrogen) atoms. The Morgan fingerprint density at radius 1 is 1.17 bits per heavy atom. The van der Waals surface area contributed by atoms with Crippen LogP contribution in [0.5, 0.6) is 0 Å². The predicted molar refractivity (Wildman–Crippen MR) is 72.0 cm³/mol. The van der Waals surface area contributed by atoms with Crippen LogP contribution in [-0.2, 0) is 0 Å². The van der Waals surface area contributed by atoms with Gasteiger partial charge in [-0.15, -0.1) is 11.3 Å². The monoisotopic (exact) mass is 258 g/mol. The molecule has 1 aromatic carbocycles. The third kappa shape index (κ3) is 1.95.